The number of hydrogen-bond donors (Lipinski definition) is 2. The Morgan fingerprint density at radius 2 is 1.95 bits per heavy atom. The third kappa shape index (κ3) is 2.59. The lowest BCUT2D eigenvalue weighted by molar-refractivity contribution is 0.447. The van der Waals surface area contributed by atoms with Crippen molar-refractivity contribution in [1.29, 1.82) is 5.41 Å². The fraction of sp³-hybridized carbons (Fsp3) is 0.214. The Bertz CT molecular complexity index is 685. The molecule has 20 heavy (non-hydrogen) atoms. The molecule has 0 radical (unpaired) electrons. The normalized spacial score (nSPS) is 10.4. The van der Waals surface area contributed by atoms with Gasteiger partial charge in [0.2, 0.25) is 5.88 Å². The van der Waals surface area contributed by atoms with Crippen molar-refractivity contribution < 1.29 is 9.13 Å². The smallest absolute Gasteiger partial charge is 0.250 e. The van der Waals surface area contributed by atoms with Crippen LogP contribution in [0.4, 0.5) is 4.39 Å². The zero-order valence-electron chi connectivity index (χ0n) is 11.5. The van der Waals surface area contributed by atoms with Crippen molar-refractivity contribution in [2.24, 2.45) is 5.73 Å². The van der Waals surface area contributed by atoms with Gasteiger partial charge in [-0.25, -0.2) is 4.39 Å². The fourth-order valence-corrected chi connectivity index (χ4v) is 1.72. The number of nitrogens with one attached hydrogen (secondary N) is 1. The average molecular weight is 274 g/mol. The second kappa shape index (κ2) is 5.24. The zero-order valence-corrected chi connectivity index (χ0v) is 11.5. The number of nitrogens with two attached hydrogens (primary N) is 1. The SMILES string of the molecule is Cc1ccc(Oc2nnc(C)c(C)c2C(=N)N)cc1F. The summed E-state index contributed by atoms with van der Waals surface area (Å²) in [5, 5.41) is 15.4. The van der Waals surface area contributed by atoms with Crippen molar-refractivity contribution in [3.63, 3.8) is 0 Å². The van der Waals surface area contributed by atoms with Crippen LogP contribution in [0.5, 0.6) is 11.6 Å². The second-order valence-corrected chi connectivity index (χ2v) is 4.52. The van der Waals surface area contributed by atoms with Gasteiger partial charge in [-0.15, -0.1) is 5.10 Å². The minimum atomic E-state index is -0.372. The molecule has 0 unspecified atom stereocenters. The highest BCUT2D eigenvalue weighted by Crippen LogP contribution is 2.26. The molecule has 2 rings (SSSR count). The predicted octanol–water partition coefficient (Wildman–Crippen LogP) is 2.62. The first-order valence-corrected chi connectivity index (χ1v) is 6.02. The van der Waals surface area contributed by atoms with E-state index in [1.807, 2.05) is 0 Å². The Labute approximate surface area is 116 Å². The van der Waals surface area contributed by atoms with Crippen molar-refractivity contribution >= 4 is 5.84 Å². The molecule has 6 heteroatoms. The highest BCUT2D eigenvalue weighted by Gasteiger charge is 2.16. The van der Waals surface area contributed by atoms with Gasteiger partial charge in [0, 0.05) is 6.07 Å². The summed E-state index contributed by atoms with van der Waals surface area (Å²) in [6.45, 7) is 5.21. The summed E-state index contributed by atoms with van der Waals surface area (Å²) < 4.78 is 19.0. The number of amidine groups is 1. The lowest BCUT2D eigenvalue weighted by Crippen LogP contribution is -2.16. The van der Waals surface area contributed by atoms with Gasteiger partial charge in [-0.2, -0.15) is 5.10 Å². The fourth-order valence-electron chi connectivity index (χ4n) is 1.72. The van der Waals surface area contributed by atoms with Gasteiger partial charge in [0.15, 0.2) is 0 Å². The van der Waals surface area contributed by atoms with E-state index >= 15 is 0 Å². The molecule has 1 aromatic carbocycles. The number of halogens is 1. The van der Waals surface area contributed by atoms with Gasteiger partial charge in [0.05, 0.1) is 11.3 Å². The first-order chi connectivity index (χ1) is 9.40. The summed E-state index contributed by atoms with van der Waals surface area (Å²) in [6.07, 6.45) is 0. The van der Waals surface area contributed by atoms with E-state index in [-0.39, 0.29) is 23.3 Å². The predicted molar refractivity (Wildman–Crippen MR) is 73.7 cm³/mol. The van der Waals surface area contributed by atoms with Crippen molar-refractivity contribution in [3.05, 3.63) is 46.4 Å². The lowest BCUT2D eigenvalue weighted by Gasteiger charge is -2.12. The lowest BCUT2D eigenvalue weighted by atomic mass is 10.1. The van der Waals surface area contributed by atoms with Crippen LogP contribution in [0, 0.1) is 32.0 Å². The van der Waals surface area contributed by atoms with Gasteiger partial charge in [0.25, 0.3) is 0 Å². The first-order valence-electron chi connectivity index (χ1n) is 6.02. The molecule has 0 saturated carbocycles. The molecular weight excluding hydrogens is 259 g/mol. The minimum Gasteiger partial charge on any atom is -0.437 e. The van der Waals surface area contributed by atoms with E-state index in [1.165, 1.54) is 6.07 Å². The van der Waals surface area contributed by atoms with E-state index in [9.17, 15) is 4.39 Å². The van der Waals surface area contributed by atoms with Crippen LogP contribution in [-0.2, 0) is 0 Å². The zero-order chi connectivity index (χ0) is 14.9. The first kappa shape index (κ1) is 13.9. The second-order valence-electron chi connectivity index (χ2n) is 4.52. The van der Waals surface area contributed by atoms with Crippen LogP contribution in [0.2, 0.25) is 0 Å². The molecular formula is C14H15FN4O. The quantitative estimate of drug-likeness (QED) is 0.665. The number of ether oxygens (including phenoxy) is 1. The largest absolute Gasteiger partial charge is 0.437 e. The number of hydrogen-bond acceptors (Lipinski definition) is 4. The summed E-state index contributed by atoms with van der Waals surface area (Å²) >= 11 is 0. The van der Waals surface area contributed by atoms with Crippen LogP contribution < -0.4 is 10.5 Å². The molecule has 0 aliphatic heterocycles. The highest BCUT2D eigenvalue weighted by atomic mass is 19.1. The summed E-state index contributed by atoms with van der Waals surface area (Å²) in [4.78, 5) is 0. The molecule has 2 aromatic rings. The standard InChI is InChI=1S/C14H15FN4O/c1-7-4-5-10(6-11(7)15)20-14-12(13(16)17)8(2)9(3)18-19-14/h4-6H,1-3H3,(H3,16,17). The molecule has 3 N–H and O–H groups in total. The van der Waals surface area contributed by atoms with E-state index in [0.29, 0.717) is 16.8 Å². The number of rotatable bonds is 3. The Morgan fingerprint density at radius 3 is 2.55 bits per heavy atom. The third-order valence-electron chi connectivity index (χ3n) is 3.05. The molecule has 1 aromatic heterocycles. The van der Waals surface area contributed by atoms with E-state index < -0.39 is 0 Å². The minimum absolute atomic E-state index is 0.101. The van der Waals surface area contributed by atoms with Crippen LogP contribution in [-0.4, -0.2) is 16.0 Å². The summed E-state index contributed by atoms with van der Waals surface area (Å²) in [5.74, 6) is -0.149. The van der Waals surface area contributed by atoms with Gasteiger partial charge >= 0.3 is 0 Å². The number of aryl methyl sites for hydroxylation is 2. The summed E-state index contributed by atoms with van der Waals surface area (Å²) in [7, 11) is 0. The van der Waals surface area contributed by atoms with Gasteiger partial charge in [-0.1, -0.05) is 6.07 Å². The number of aromatic nitrogens is 2. The number of nitrogens with zero attached hydrogens (tertiary/aromatic N) is 2. The van der Waals surface area contributed by atoms with Crippen LogP contribution >= 0.6 is 0 Å². The monoisotopic (exact) mass is 274 g/mol. The van der Waals surface area contributed by atoms with Crippen molar-refractivity contribution in [1.82, 2.24) is 10.2 Å². The van der Waals surface area contributed by atoms with E-state index in [0.717, 1.165) is 5.56 Å². The molecule has 0 bridgehead atoms. The maximum absolute atomic E-state index is 13.5. The molecule has 0 spiro atoms. The Balaban J connectivity index is 2.45. The van der Waals surface area contributed by atoms with Crippen molar-refractivity contribution in [3.8, 4) is 11.6 Å². The molecule has 0 atom stereocenters. The molecule has 1 heterocycles. The molecule has 0 amide bonds. The maximum atomic E-state index is 13.5. The van der Waals surface area contributed by atoms with Crippen molar-refractivity contribution in [2.75, 3.05) is 0 Å². The topological polar surface area (TPSA) is 84.9 Å². The number of benzene rings is 1. The van der Waals surface area contributed by atoms with Gasteiger partial charge in [-0.05, 0) is 38.0 Å². The average Bonchev–Trinajstić information content (AvgIpc) is 2.38. The van der Waals surface area contributed by atoms with E-state index in [4.69, 9.17) is 15.9 Å². The molecule has 104 valence electrons. The molecule has 0 fully saturated rings. The molecule has 0 saturated heterocycles. The van der Waals surface area contributed by atoms with Gasteiger partial charge in [0.1, 0.15) is 17.4 Å². The van der Waals surface area contributed by atoms with Crippen LogP contribution in [0.15, 0.2) is 18.2 Å². The molecule has 0 aliphatic carbocycles. The summed E-state index contributed by atoms with van der Waals surface area (Å²) in [5.41, 5.74) is 7.83. The van der Waals surface area contributed by atoms with Crippen LogP contribution in [0.1, 0.15) is 22.4 Å². The Kier molecular flexibility index (Phi) is 3.65. The van der Waals surface area contributed by atoms with Gasteiger partial charge < -0.3 is 10.5 Å². The number of nitrogen functional groups attached to an aromatic ring is 1. The Morgan fingerprint density at radius 1 is 1.25 bits per heavy atom. The molecule has 0 aliphatic rings. The van der Waals surface area contributed by atoms with Crippen LogP contribution in [0.3, 0.4) is 0 Å². The summed E-state index contributed by atoms with van der Waals surface area (Å²) in [6, 6.07) is 4.49. The van der Waals surface area contributed by atoms with Crippen molar-refractivity contribution in [2.45, 2.75) is 20.8 Å². The third-order valence-corrected chi connectivity index (χ3v) is 3.05. The van der Waals surface area contributed by atoms with Gasteiger partial charge in [-0.3, -0.25) is 5.41 Å². The highest BCUT2D eigenvalue weighted by molar-refractivity contribution is 5.98. The molecule has 5 nitrogen and oxygen atoms in total. The van der Waals surface area contributed by atoms with E-state index in [2.05, 4.69) is 10.2 Å². The maximum Gasteiger partial charge on any atom is 0.250 e. The van der Waals surface area contributed by atoms with Crippen LogP contribution in [0.25, 0.3) is 0 Å². The van der Waals surface area contributed by atoms with E-state index in [1.54, 1.807) is 32.9 Å². The Hall–Kier alpha value is -2.50.